The molecule has 0 amide bonds. The fourth-order valence-corrected chi connectivity index (χ4v) is 7.55. The van der Waals surface area contributed by atoms with Gasteiger partial charge in [0.2, 0.25) is 0 Å². The maximum Gasteiger partial charge on any atom is 0.362 e. The first-order valence-electron chi connectivity index (χ1n) is 25.7. The molecule has 0 aliphatic heterocycles. The first-order valence-corrected chi connectivity index (χ1v) is 25.7. The number of allylic oxidation sites excluding steroid dienone is 8. The first kappa shape index (κ1) is 59.3. The molecule has 8 nitrogen and oxygen atoms in total. The molecule has 0 rings (SSSR count). The Labute approximate surface area is 382 Å². The van der Waals surface area contributed by atoms with E-state index in [1.807, 2.05) is 21.1 Å². The van der Waals surface area contributed by atoms with Gasteiger partial charge in [-0.2, -0.15) is 0 Å². The normalized spacial score (nSPS) is 13.2. The summed E-state index contributed by atoms with van der Waals surface area (Å²) in [6, 6.07) is -0.615. The Bertz CT molecular complexity index is 1150. The number of aliphatic carboxylic acids is 1. The van der Waals surface area contributed by atoms with E-state index in [0.29, 0.717) is 19.3 Å². The molecule has 0 aromatic rings. The van der Waals surface area contributed by atoms with Gasteiger partial charge in [0.1, 0.15) is 6.61 Å². The molecule has 2 unspecified atom stereocenters. The van der Waals surface area contributed by atoms with Crippen LogP contribution >= 0.6 is 0 Å². The molecule has 62 heavy (non-hydrogen) atoms. The summed E-state index contributed by atoms with van der Waals surface area (Å²) in [6.45, 7) is 4.65. The molecule has 0 radical (unpaired) electrons. The number of esters is 2. The summed E-state index contributed by atoms with van der Waals surface area (Å²) in [4.78, 5) is 37.1. The van der Waals surface area contributed by atoms with E-state index >= 15 is 0 Å². The average Bonchev–Trinajstić information content (AvgIpc) is 3.23. The number of carboxylic acid groups (broad SMARTS) is 1. The fourth-order valence-electron chi connectivity index (χ4n) is 7.55. The Morgan fingerprint density at radius 1 is 0.500 bits per heavy atom. The molecule has 0 saturated heterocycles. The van der Waals surface area contributed by atoms with Crippen molar-refractivity contribution in [2.45, 2.75) is 238 Å². The predicted octanol–water partition coefficient (Wildman–Crippen LogP) is 14.8. The van der Waals surface area contributed by atoms with E-state index in [-0.39, 0.29) is 36.2 Å². The van der Waals surface area contributed by atoms with Crippen LogP contribution in [0.25, 0.3) is 0 Å². The van der Waals surface area contributed by atoms with Crippen LogP contribution in [0.2, 0.25) is 0 Å². The second-order valence-electron chi connectivity index (χ2n) is 18.4. The lowest BCUT2D eigenvalue weighted by Crippen LogP contribution is -2.50. The number of ether oxygens (including phenoxy) is 3. The lowest BCUT2D eigenvalue weighted by molar-refractivity contribution is -0.887. The third-order valence-corrected chi connectivity index (χ3v) is 11.5. The number of likely N-dealkylation sites (N-methyl/N-ethyl adjacent to an activating group) is 1. The molecule has 1 N–H and O–H groups in total. The van der Waals surface area contributed by atoms with Gasteiger partial charge in [-0.15, -0.1) is 0 Å². The third kappa shape index (κ3) is 42.6. The Morgan fingerprint density at radius 3 is 1.34 bits per heavy atom. The number of carbonyl (C=O) groups excluding carboxylic acids is 2. The van der Waals surface area contributed by atoms with Crippen LogP contribution in [0.5, 0.6) is 0 Å². The van der Waals surface area contributed by atoms with Crippen molar-refractivity contribution < 1.29 is 38.2 Å². The number of carbonyl (C=O) groups is 3. The van der Waals surface area contributed by atoms with Crippen molar-refractivity contribution in [3.8, 4) is 0 Å². The van der Waals surface area contributed by atoms with Crippen LogP contribution in [-0.4, -0.2) is 80.6 Å². The van der Waals surface area contributed by atoms with Gasteiger partial charge in [-0.3, -0.25) is 9.59 Å². The Morgan fingerprint density at radius 2 is 0.903 bits per heavy atom. The standard InChI is InChI=1S/C54H97NO7/c1-6-8-10-12-14-16-18-20-22-23-24-25-26-27-28-29-31-33-35-37-39-41-43-45-53(57)62-50(48-60-47-46-51(54(58)59)55(3,4)5)49-61-52(56)44-42-40-38-36-34-32-30-21-19-17-15-13-11-9-7-2/h8,10,14,16,20,22,24-25,50-51H,6-7,9,11-13,15,17-19,21,23,26-49H2,1-5H3/p+1/b10-8+,16-14+,22-20+,25-24+. The molecule has 0 saturated carbocycles. The molecule has 0 heterocycles. The van der Waals surface area contributed by atoms with Crippen molar-refractivity contribution in [1.82, 2.24) is 0 Å². The van der Waals surface area contributed by atoms with Crippen LogP contribution in [0.1, 0.15) is 226 Å². The van der Waals surface area contributed by atoms with Crippen molar-refractivity contribution >= 4 is 17.9 Å². The van der Waals surface area contributed by atoms with Gasteiger partial charge in [-0.25, -0.2) is 4.79 Å². The van der Waals surface area contributed by atoms with E-state index in [4.69, 9.17) is 14.2 Å². The van der Waals surface area contributed by atoms with Gasteiger partial charge >= 0.3 is 17.9 Å². The minimum Gasteiger partial charge on any atom is -0.477 e. The highest BCUT2D eigenvalue weighted by Gasteiger charge is 2.31. The highest BCUT2D eigenvalue weighted by molar-refractivity contribution is 5.72. The topological polar surface area (TPSA) is 99.1 Å². The molecule has 0 aromatic carbocycles. The van der Waals surface area contributed by atoms with Crippen molar-refractivity contribution in [1.29, 1.82) is 0 Å². The zero-order valence-corrected chi connectivity index (χ0v) is 41.1. The maximum absolute atomic E-state index is 12.8. The number of quaternary nitrogens is 1. The molecule has 0 aromatic heterocycles. The van der Waals surface area contributed by atoms with Crippen LogP contribution in [-0.2, 0) is 28.6 Å². The van der Waals surface area contributed by atoms with E-state index in [1.165, 1.54) is 128 Å². The largest absolute Gasteiger partial charge is 0.477 e. The number of nitrogens with zero attached hydrogens (tertiary/aromatic N) is 1. The summed E-state index contributed by atoms with van der Waals surface area (Å²) >= 11 is 0. The zero-order chi connectivity index (χ0) is 45.6. The maximum atomic E-state index is 12.8. The molecule has 0 aliphatic carbocycles. The second-order valence-corrected chi connectivity index (χ2v) is 18.4. The minimum absolute atomic E-state index is 0.0502. The van der Waals surface area contributed by atoms with Gasteiger partial charge in [0.25, 0.3) is 0 Å². The SMILES string of the molecule is CC/C=C/C/C=C/C/C=C/C/C=C/CCCCCCCCCCCCC(=O)OC(COCCC(C(=O)O)[N+](C)(C)C)COC(=O)CCCCCCCCCCCCCCCCC. The molecular formula is C54H98NO7+. The quantitative estimate of drug-likeness (QED) is 0.0281. The van der Waals surface area contributed by atoms with Crippen molar-refractivity contribution in [2.24, 2.45) is 0 Å². The summed E-state index contributed by atoms with van der Waals surface area (Å²) < 4.78 is 17.4. The van der Waals surface area contributed by atoms with Crippen LogP contribution in [0.4, 0.5) is 0 Å². The number of carboxylic acids is 1. The van der Waals surface area contributed by atoms with Crippen molar-refractivity contribution in [3.05, 3.63) is 48.6 Å². The van der Waals surface area contributed by atoms with E-state index in [1.54, 1.807) is 0 Å². The van der Waals surface area contributed by atoms with Gasteiger partial charge in [0.15, 0.2) is 12.1 Å². The Kier molecular flexibility index (Phi) is 42.9. The van der Waals surface area contributed by atoms with Gasteiger partial charge in [0.05, 0.1) is 34.4 Å². The molecular weight excluding hydrogens is 775 g/mol. The van der Waals surface area contributed by atoms with Crippen LogP contribution < -0.4 is 0 Å². The fraction of sp³-hybridized carbons (Fsp3) is 0.796. The molecule has 0 spiro atoms. The lowest BCUT2D eigenvalue weighted by Gasteiger charge is -2.31. The van der Waals surface area contributed by atoms with Crippen molar-refractivity contribution in [2.75, 3.05) is 41.0 Å². The number of hydrogen-bond donors (Lipinski definition) is 1. The highest BCUT2D eigenvalue weighted by Crippen LogP contribution is 2.16. The molecule has 0 fully saturated rings. The van der Waals surface area contributed by atoms with E-state index in [9.17, 15) is 19.5 Å². The summed E-state index contributed by atoms with van der Waals surface area (Å²) in [6.07, 6.45) is 54.4. The van der Waals surface area contributed by atoms with Gasteiger partial charge < -0.3 is 23.8 Å². The highest BCUT2D eigenvalue weighted by atomic mass is 16.6. The first-order chi connectivity index (χ1) is 30.1. The van der Waals surface area contributed by atoms with Gasteiger partial charge in [-0.05, 0) is 51.4 Å². The zero-order valence-electron chi connectivity index (χ0n) is 41.1. The molecule has 8 heteroatoms. The van der Waals surface area contributed by atoms with Gasteiger partial charge in [-0.1, -0.05) is 204 Å². The van der Waals surface area contributed by atoms with E-state index in [2.05, 4.69) is 62.5 Å². The summed E-state index contributed by atoms with van der Waals surface area (Å²) in [5.41, 5.74) is 0. The van der Waals surface area contributed by atoms with Gasteiger partial charge in [0, 0.05) is 19.3 Å². The van der Waals surface area contributed by atoms with Crippen molar-refractivity contribution in [3.63, 3.8) is 0 Å². The summed E-state index contributed by atoms with van der Waals surface area (Å²) in [5, 5.41) is 9.65. The number of rotatable bonds is 46. The smallest absolute Gasteiger partial charge is 0.362 e. The molecule has 2 atom stereocenters. The third-order valence-electron chi connectivity index (χ3n) is 11.5. The number of hydrogen-bond acceptors (Lipinski definition) is 6. The van der Waals surface area contributed by atoms with Crippen LogP contribution in [0.15, 0.2) is 48.6 Å². The number of unbranched alkanes of at least 4 members (excludes halogenated alkanes) is 24. The average molecular weight is 873 g/mol. The predicted molar refractivity (Wildman–Crippen MR) is 261 cm³/mol. The minimum atomic E-state index is -0.874. The van der Waals surface area contributed by atoms with Crippen LogP contribution in [0, 0.1) is 0 Å². The van der Waals surface area contributed by atoms with Crippen LogP contribution in [0.3, 0.4) is 0 Å². The Hall–Kier alpha value is -2.71. The van der Waals surface area contributed by atoms with E-state index < -0.39 is 18.1 Å². The molecule has 0 aliphatic rings. The monoisotopic (exact) mass is 873 g/mol. The Balaban J connectivity index is 4.22. The van der Waals surface area contributed by atoms with E-state index in [0.717, 1.165) is 64.2 Å². The second kappa shape index (κ2) is 44.9. The molecule has 0 bridgehead atoms. The summed E-state index contributed by atoms with van der Waals surface area (Å²) in [5.74, 6) is -1.46. The molecule has 360 valence electrons. The summed E-state index contributed by atoms with van der Waals surface area (Å²) in [7, 11) is 5.54. The lowest BCUT2D eigenvalue weighted by atomic mass is 10.0.